The Morgan fingerprint density at radius 3 is 2.50 bits per heavy atom. The minimum absolute atomic E-state index is 0.194. The van der Waals surface area contributed by atoms with Gasteiger partial charge in [-0.05, 0) is 59.5 Å². The van der Waals surface area contributed by atoms with Crippen molar-refractivity contribution in [1.82, 2.24) is 10.3 Å². The van der Waals surface area contributed by atoms with Crippen molar-refractivity contribution in [3.63, 3.8) is 0 Å². The molecule has 0 saturated carbocycles. The Morgan fingerprint density at radius 2 is 1.76 bits per heavy atom. The molecule has 34 heavy (non-hydrogen) atoms. The fourth-order valence-electron chi connectivity index (χ4n) is 4.08. The highest BCUT2D eigenvalue weighted by Crippen LogP contribution is 2.35. The van der Waals surface area contributed by atoms with Crippen LogP contribution in [-0.2, 0) is 6.42 Å². The number of hydrogen-bond acceptors (Lipinski definition) is 5. The third kappa shape index (κ3) is 4.70. The van der Waals surface area contributed by atoms with Crippen molar-refractivity contribution in [3.05, 3.63) is 78.0 Å². The molecule has 1 atom stereocenters. The highest BCUT2D eigenvalue weighted by Gasteiger charge is 2.20. The van der Waals surface area contributed by atoms with E-state index in [1.165, 1.54) is 0 Å². The van der Waals surface area contributed by atoms with Gasteiger partial charge >= 0.3 is 0 Å². The number of benzene rings is 3. The molecule has 1 heterocycles. The van der Waals surface area contributed by atoms with Crippen LogP contribution in [0.15, 0.2) is 66.9 Å². The summed E-state index contributed by atoms with van der Waals surface area (Å²) in [6, 6.07) is 18.3. The molecule has 0 aliphatic heterocycles. The molecular weight excluding hydrogens is 432 g/mol. The summed E-state index contributed by atoms with van der Waals surface area (Å²) >= 11 is 0. The van der Waals surface area contributed by atoms with Crippen LogP contribution in [0.4, 0.5) is 0 Å². The smallest absolute Gasteiger partial charge is 0.252 e. The normalized spacial score (nSPS) is 11.8. The van der Waals surface area contributed by atoms with Crippen LogP contribution in [0.5, 0.6) is 17.2 Å². The van der Waals surface area contributed by atoms with E-state index in [9.17, 15) is 9.90 Å². The number of aromatic nitrogens is 1. The first-order valence-corrected chi connectivity index (χ1v) is 10.9. The summed E-state index contributed by atoms with van der Waals surface area (Å²) in [4.78, 5) is 16.6. The number of aromatic amines is 1. The number of rotatable bonds is 9. The van der Waals surface area contributed by atoms with Gasteiger partial charge in [0.2, 0.25) is 0 Å². The maximum absolute atomic E-state index is 13.4. The van der Waals surface area contributed by atoms with Crippen LogP contribution in [-0.4, -0.2) is 50.0 Å². The first kappa shape index (κ1) is 23.2. The number of H-pyrrole nitrogens is 1. The first-order chi connectivity index (χ1) is 16.6. The lowest BCUT2D eigenvalue weighted by Crippen LogP contribution is -2.39. The molecule has 176 valence electrons. The molecule has 0 aliphatic carbocycles. The fraction of sp³-hybridized carbons (Fsp3) is 0.222. The van der Waals surface area contributed by atoms with Gasteiger partial charge in [0, 0.05) is 17.1 Å². The molecule has 7 heteroatoms. The number of aliphatic hydroxyl groups excluding tert-OH is 1. The van der Waals surface area contributed by atoms with E-state index >= 15 is 0 Å². The number of nitrogens with one attached hydrogen (secondary N) is 2. The van der Waals surface area contributed by atoms with Crippen LogP contribution in [0, 0.1) is 0 Å². The van der Waals surface area contributed by atoms with Crippen LogP contribution < -0.4 is 19.5 Å². The summed E-state index contributed by atoms with van der Waals surface area (Å²) < 4.78 is 16.1. The number of fused-ring (bicyclic) bond motifs is 1. The molecule has 0 spiro atoms. The Kier molecular flexibility index (Phi) is 7.04. The average Bonchev–Trinajstić information content (AvgIpc) is 3.30. The van der Waals surface area contributed by atoms with Crippen LogP contribution in [0.1, 0.15) is 15.9 Å². The zero-order chi connectivity index (χ0) is 24.1. The van der Waals surface area contributed by atoms with E-state index in [4.69, 9.17) is 14.2 Å². The second-order valence-electron chi connectivity index (χ2n) is 7.90. The van der Waals surface area contributed by atoms with Crippen LogP contribution in [0.3, 0.4) is 0 Å². The lowest BCUT2D eigenvalue weighted by atomic mass is 9.97. The summed E-state index contributed by atoms with van der Waals surface area (Å²) in [5, 5.41) is 14.1. The zero-order valence-electron chi connectivity index (χ0n) is 19.4. The number of carbonyl (C=O) groups is 1. The highest BCUT2D eigenvalue weighted by molar-refractivity contribution is 6.01. The largest absolute Gasteiger partial charge is 0.497 e. The Balaban J connectivity index is 1.64. The number of hydrogen-bond donors (Lipinski definition) is 3. The maximum Gasteiger partial charge on any atom is 0.252 e. The van der Waals surface area contributed by atoms with E-state index in [0.29, 0.717) is 34.8 Å². The minimum atomic E-state index is -0.462. The van der Waals surface area contributed by atoms with E-state index in [2.05, 4.69) is 10.3 Å². The molecule has 3 N–H and O–H groups in total. The standard InChI is InChI=1S/C27H28N2O5/c1-32-20-9-10-21(17-8-11-25(33-2)26(13-17)34-3)23(14-20)27(31)29-19(16-30)12-18-15-28-24-7-5-4-6-22(18)24/h4-11,13-15,19,28,30H,12,16H2,1-3H3,(H,29,31)/t19-/m1/s1. The topological polar surface area (TPSA) is 92.8 Å². The second kappa shape index (κ2) is 10.3. The molecule has 4 rings (SSSR count). The van der Waals surface area contributed by atoms with Gasteiger partial charge in [0.25, 0.3) is 5.91 Å². The van der Waals surface area contributed by atoms with Crippen molar-refractivity contribution in [3.8, 4) is 28.4 Å². The summed E-state index contributed by atoms with van der Waals surface area (Å²) in [5.74, 6) is 1.42. The van der Waals surface area contributed by atoms with Gasteiger partial charge in [0.05, 0.1) is 39.5 Å². The van der Waals surface area contributed by atoms with Crippen molar-refractivity contribution in [2.24, 2.45) is 0 Å². The monoisotopic (exact) mass is 460 g/mol. The number of carbonyl (C=O) groups excluding carboxylic acids is 1. The lowest BCUT2D eigenvalue weighted by molar-refractivity contribution is 0.0917. The molecule has 0 bridgehead atoms. The number of methoxy groups -OCH3 is 3. The third-order valence-corrected chi connectivity index (χ3v) is 5.86. The van der Waals surface area contributed by atoms with Crippen molar-refractivity contribution >= 4 is 16.8 Å². The maximum atomic E-state index is 13.4. The van der Waals surface area contributed by atoms with Crippen LogP contribution in [0.2, 0.25) is 0 Å². The van der Waals surface area contributed by atoms with Crippen molar-refractivity contribution in [2.45, 2.75) is 12.5 Å². The van der Waals surface area contributed by atoms with Gasteiger partial charge in [-0.25, -0.2) is 0 Å². The molecule has 7 nitrogen and oxygen atoms in total. The fourth-order valence-corrected chi connectivity index (χ4v) is 4.08. The van der Waals surface area contributed by atoms with Gasteiger partial charge in [-0.1, -0.05) is 24.3 Å². The lowest BCUT2D eigenvalue weighted by Gasteiger charge is -2.19. The van der Waals surface area contributed by atoms with E-state index in [0.717, 1.165) is 22.0 Å². The molecule has 0 saturated heterocycles. The van der Waals surface area contributed by atoms with Crippen LogP contribution >= 0.6 is 0 Å². The predicted molar refractivity (Wildman–Crippen MR) is 132 cm³/mol. The van der Waals surface area contributed by atoms with Gasteiger partial charge in [-0.3, -0.25) is 4.79 Å². The third-order valence-electron chi connectivity index (χ3n) is 5.86. The summed E-state index contributed by atoms with van der Waals surface area (Å²) in [6.45, 7) is -0.194. The Bertz CT molecular complexity index is 1300. The summed E-state index contributed by atoms with van der Waals surface area (Å²) in [6.07, 6.45) is 2.40. The van der Waals surface area contributed by atoms with Crippen LogP contribution in [0.25, 0.3) is 22.0 Å². The number of amides is 1. The minimum Gasteiger partial charge on any atom is -0.497 e. The van der Waals surface area contributed by atoms with E-state index in [-0.39, 0.29) is 12.5 Å². The molecule has 0 fully saturated rings. The van der Waals surface area contributed by atoms with E-state index in [1.807, 2.05) is 48.7 Å². The van der Waals surface area contributed by atoms with Gasteiger partial charge in [-0.2, -0.15) is 0 Å². The number of aliphatic hydroxyl groups is 1. The Morgan fingerprint density at radius 1 is 0.971 bits per heavy atom. The van der Waals surface area contributed by atoms with Gasteiger partial charge < -0.3 is 29.6 Å². The average molecular weight is 461 g/mol. The Hall–Kier alpha value is -3.97. The molecule has 1 aromatic heterocycles. The molecule has 4 aromatic rings. The number of para-hydroxylation sites is 1. The quantitative estimate of drug-likeness (QED) is 0.348. The van der Waals surface area contributed by atoms with E-state index < -0.39 is 6.04 Å². The molecule has 1 amide bonds. The zero-order valence-corrected chi connectivity index (χ0v) is 19.4. The Labute approximate surface area is 198 Å². The van der Waals surface area contributed by atoms with Gasteiger partial charge in [-0.15, -0.1) is 0 Å². The van der Waals surface area contributed by atoms with Crippen molar-refractivity contribution < 1.29 is 24.1 Å². The molecule has 0 unspecified atom stereocenters. The summed E-state index contributed by atoms with van der Waals surface area (Å²) in [7, 11) is 4.70. The molecular formula is C27H28N2O5. The molecule has 0 aliphatic rings. The highest BCUT2D eigenvalue weighted by atomic mass is 16.5. The van der Waals surface area contributed by atoms with E-state index in [1.54, 1.807) is 39.5 Å². The molecule has 3 aromatic carbocycles. The summed E-state index contributed by atoms with van der Waals surface area (Å²) in [5.41, 5.74) is 3.99. The first-order valence-electron chi connectivity index (χ1n) is 10.9. The second-order valence-corrected chi connectivity index (χ2v) is 7.90. The predicted octanol–water partition coefficient (Wildman–Crippen LogP) is 4.19. The van der Waals surface area contributed by atoms with Crippen molar-refractivity contribution in [1.29, 1.82) is 0 Å². The SMILES string of the molecule is COc1ccc(-c2ccc(OC)c(OC)c2)c(C(=O)N[C@@H](CO)Cc2c[nH]c3ccccc23)c1. The van der Waals surface area contributed by atoms with Gasteiger partial charge in [0.15, 0.2) is 11.5 Å². The molecule has 0 radical (unpaired) electrons. The van der Waals surface area contributed by atoms with Crippen molar-refractivity contribution in [2.75, 3.05) is 27.9 Å². The number of ether oxygens (including phenoxy) is 3. The van der Waals surface area contributed by atoms with Gasteiger partial charge in [0.1, 0.15) is 5.75 Å².